The van der Waals surface area contributed by atoms with E-state index >= 15 is 0 Å². The second kappa shape index (κ2) is 6.20. The molecule has 0 spiro atoms. The second-order valence-corrected chi connectivity index (χ2v) is 5.09. The molecule has 2 N–H and O–H groups in total. The molecule has 0 saturated heterocycles. The van der Waals surface area contributed by atoms with Crippen LogP contribution >= 0.6 is 22.6 Å². The van der Waals surface area contributed by atoms with Gasteiger partial charge in [0.25, 0.3) is 5.91 Å². The molecule has 88 valence electrons. The van der Waals surface area contributed by atoms with Gasteiger partial charge < -0.3 is 10.4 Å². The molecule has 1 amide bonds. The summed E-state index contributed by atoms with van der Waals surface area (Å²) in [6, 6.07) is 5.77. The standard InChI is InChI=1S/C12H16INO2/c1-8(7-15)6-14-12(16)11-9(2)4-3-5-10(11)13/h3-5,8,15H,6-7H2,1-2H3,(H,14,16). The number of amides is 1. The minimum atomic E-state index is -0.0669. The summed E-state index contributed by atoms with van der Waals surface area (Å²) in [6.45, 7) is 4.40. The number of carbonyl (C=O) groups is 1. The van der Waals surface area contributed by atoms with Crippen LogP contribution in [0.4, 0.5) is 0 Å². The first-order valence-corrected chi connectivity index (χ1v) is 6.28. The van der Waals surface area contributed by atoms with Crippen molar-refractivity contribution in [2.45, 2.75) is 13.8 Å². The monoisotopic (exact) mass is 333 g/mol. The molecular formula is C12H16INO2. The lowest BCUT2D eigenvalue weighted by Gasteiger charge is -2.12. The molecule has 0 fully saturated rings. The minimum absolute atomic E-state index is 0.0669. The van der Waals surface area contributed by atoms with Gasteiger partial charge in [-0.3, -0.25) is 4.79 Å². The molecule has 0 aromatic heterocycles. The van der Waals surface area contributed by atoms with Crippen LogP contribution in [-0.4, -0.2) is 24.2 Å². The number of carbonyl (C=O) groups excluding carboxylic acids is 1. The van der Waals surface area contributed by atoms with Crippen molar-refractivity contribution < 1.29 is 9.90 Å². The second-order valence-electron chi connectivity index (χ2n) is 3.93. The predicted octanol–water partition coefficient (Wildman–Crippen LogP) is 1.96. The Labute approximate surface area is 109 Å². The maximum atomic E-state index is 11.9. The van der Waals surface area contributed by atoms with E-state index in [2.05, 4.69) is 27.9 Å². The molecule has 0 aliphatic carbocycles. The Hall–Kier alpha value is -0.620. The fourth-order valence-electron chi connectivity index (χ4n) is 1.34. The zero-order valence-electron chi connectivity index (χ0n) is 9.46. The fourth-order valence-corrected chi connectivity index (χ4v) is 2.22. The lowest BCUT2D eigenvalue weighted by molar-refractivity contribution is 0.0941. The van der Waals surface area contributed by atoms with Gasteiger partial charge in [-0.15, -0.1) is 0 Å². The normalized spacial score (nSPS) is 12.2. The van der Waals surface area contributed by atoms with Gasteiger partial charge in [0.15, 0.2) is 0 Å². The third kappa shape index (κ3) is 3.45. The Balaban J connectivity index is 2.73. The number of benzene rings is 1. The largest absolute Gasteiger partial charge is 0.396 e. The Bertz CT molecular complexity index is 359. The van der Waals surface area contributed by atoms with Crippen molar-refractivity contribution in [3.05, 3.63) is 32.9 Å². The summed E-state index contributed by atoms with van der Waals surface area (Å²) >= 11 is 2.16. The number of hydrogen-bond donors (Lipinski definition) is 2. The van der Waals surface area contributed by atoms with Gasteiger partial charge in [0, 0.05) is 16.7 Å². The summed E-state index contributed by atoms with van der Waals surface area (Å²) in [7, 11) is 0. The summed E-state index contributed by atoms with van der Waals surface area (Å²) in [5, 5.41) is 11.7. The quantitative estimate of drug-likeness (QED) is 0.828. The maximum Gasteiger partial charge on any atom is 0.252 e. The Morgan fingerprint density at radius 1 is 1.56 bits per heavy atom. The zero-order chi connectivity index (χ0) is 12.1. The number of aliphatic hydroxyl groups is 1. The third-order valence-corrected chi connectivity index (χ3v) is 3.27. The highest BCUT2D eigenvalue weighted by molar-refractivity contribution is 14.1. The molecule has 16 heavy (non-hydrogen) atoms. The molecule has 0 bridgehead atoms. The molecule has 0 heterocycles. The molecule has 4 heteroatoms. The molecule has 1 aromatic carbocycles. The molecule has 0 aliphatic heterocycles. The lowest BCUT2D eigenvalue weighted by Crippen LogP contribution is -2.30. The average Bonchev–Trinajstić information content (AvgIpc) is 2.25. The summed E-state index contributed by atoms with van der Waals surface area (Å²) in [5.74, 6) is 0.0217. The number of nitrogens with one attached hydrogen (secondary N) is 1. The van der Waals surface area contributed by atoms with E-state index in [4.69, 9.17) is 5.11 Å². The van der Waals surface area contributed by atoms with E-state index in [1.165, 1.54) is 0 Å². The van der Waals surface area contributed by atoms with E-state index < -0.39 is 0 Å². The van der Waals surface area contributed by atoms with Crippen molar-refractivity contribution in [3.8, 4) is 0 Å². The van der Waals surface area contributed by atoms with Gasteiger partial charge in [-0.1, -0.05) is 19.1 Å². The summed E-state index contributed by atoms with van der Waals surface area (Å²) in [6.07, 6.45) is 0. The molecule has 1 unspecified atom stereocenters. The van der Waals surface area contributed by atoms with Crippen molar-refractivity contribution in [2.24, 2.45) is 5.92 Å². The Morgan fingerprint density at radius 2 is 2.25 bits per heavy atom. The first kappa shape index (κ1) is 13.4. The number of aryl methyl sites for hydroxylation is 1. The van der Waals surface area contributed by atoms with E-state index in [9.17, 15) is 4.79 Å². The van der Waals surface area contributed by atoms with Gasteiger partial charge in [0.2, 0.25) is 0 Å². The topological polar surface area (TPSA) is 49.3 Å². The number of halogens is 1. The van der Waals surface area contributed by atoms with Crippen LogP contribution in [-0.2, 0) is 0 Å². The fraction of sp³-hybridized carbons (Fsp3) is 0.417. The molecule has 0 aliphatic rings. The molecule has 0 radical (unpaired) electrons. The summed E-state index contributed by atoms with van der Waals surface area (Å²) < 4.78 is 0.951. The van der Waals surface area contributed by atoms with Crippen LogP contribution in [0.3, 0.4) is 0 Å². The molecule has 0 saturated carbocycles. The van der Waals surface area contributed by atoms with Crippen LogP contribution in [0.5, 0.6) is 0 Å². The van der Waals surface area contributed by atoms with Crippen LogP contribution in [0.2, 0.25) is 0 Å². The summed E-state index contributed by atoms with van der Waals surface area (Å²) in [5.41, 5.74) is 1.70. The van der Waals surface area contributed by atoms with Gasteiger partial charge in [-0.25, -0.2) is 0 Å². The molecule has 1 rings (SSSR count). The van der Waals surface area contributed by atoms with Crippen LogP contribution in [0.1, 0.15) is 22.8 Å². The maximum absolute atomic E-state index is 11.9. The zero-order valence-corrected chi connectivity index (χ0v) is 11.6. The van der Waals surface area contributed by atoms with Crippen molar-refractivity contribution in [1.29, 1.82) is 0 Å². The number of rotatable bonds is 4. The van der Waals surface area contributed by atoms with Crippen LogP contribution in [0.15, 0.2) is 18.2 Å². The SMILES string of the molecule is Cc1cccc(I)c1C(=O)NCC(C)CO. The molecule has 1 aromatic rings. The van der Waals surface area contributed by atoms with Gasteiger partial charge in [-0.2, -0.15) is 0 Å². The number of hydrogen-bond acceptors (Lipinski definition) is 2. The van der Waals surface area contributed by atoms with E-state index in [0.29, 0.717) is 6.54 Å². The van der Waals surface area contributed by atoms with Crippen LogP contribution in [0, 0.1) is 16.4 Å². The first-order valence-electron chi connectivity index (χ1n) is 5.20. The highest BCUT2D eigenvalue weighted by Crippen LogP contribution is 2.16. The van der Waals surface area contributed by atoms with E-state index in [-0.39, 0.29) is 18.4 Å². The van der Waals surface area contributed by atoms with Crippen molar-refractivity contribution in [1.82, 2.24) is 5.32 Å². The molecule has 3 nitrogen and oxygen atoms in total. The predicted molar refractivity (Wildman–Crippen MR) is 72.5 cm³/mol. The van der Waals surface area contributed by atoms with Crippen LogP contribution in [0.25, 0.3) is 0 Å². The Morgan fingerprint density at radius 3 is 2.81 bits per heavy atom. The van der Waals surface area contributed by atoms with Gasteiger partial charge in [0.1, 0.15) is 0 Å². The van der Waals surface area contributed by atoms with Crippen LogP contribution < -0.4 is 5.32 Å². The van der Waals surface area contributed by atoms with E-state index in [1.807, 2.05) is 32.0 Å². The third-order valence-electron chi connectivity index (χ3n) is 2.37. The highest BCUT2D eigenvalue weighted by Gasteiger charge is 2.12. The summed E-state index contributed by atoms with van der Waals surface area (Å²) in [4.78, 5) is 11.9. The minimum Gasteiger partial charge on any atom is -0.396 e. The first-order chi connectivity index (χ1) is 7.56. The van der Waals surface area contributed by atoms with E-state index in [0.717, 1.165) is 14.7 Å². The smallest absolute Gasteiger partial charge is 0.252 e. The van der Waals surface area contributed by atoms with Crippen molar-refractivity contribution in [3.63, 3.8) is 0 Å². The van der Waals surface area contributed by atoms with Crippen molar-refractivity contribution >= 4 is 28.5 Å². The lowest BCUT2D eigenvalue weighted by atomic mass is 10.1. The highest BCUT2D eigenvalue weighted by atomic mass is 127. The van der Waals surface area contributed by atoms with Crippen molar-refractivity contribution in [2.75, 3.05) is 13.2 Å². The number of aliphatic hydroxyl groups excluding tert-OH is 1. The van der Waals surface area contributed by atoms with Gasteiger partial charge in [0.05, 0.1) is 5.56 Å². The van der Waals surface area contributed by atoms with E-state index in [1.54, 1.807) is 0 Å². The van der Waals surface area contributed by atoms with Gasteiger partial charge >= 0.3 is 0 Å². The average molecular weight is 333 g/mol. The van der Waals surface area contributed by atoms with Gasteiger partial charge in [-0.05, 0) is 47.1 Å². The molecular weight excluding hydrogens is 317 g/mol. The Kier molecular flexibility index (Phi) is 5.21. The molecule has 1 atom stereocenters.